The third-order valence-electron chi connectivity index (χ3n) is 5.03. The number of carbonyl (C=O) groups is 1. The minimum absolute atomic E-state index is 0.0107. The van der Waals surface area contributed by atoms with Crippen molar-refractivity contribution in [2.24, 2.45) is 5.92 Å². The van der Waals surface area contributed by atoms with E-state index in [1.54, 1.807) is 20.8 Å². The number of benzene rings is 2. The molecule has 2 aromatic carbocycles. The molecule has 35 heavy (non-hydrogen) atoms. The Morgan fingerprint density at radius 3 is 2.20 bits per heavy atom. The number of rotatable bonds is 11. The summed E-state index contributed by atoms with van der Waals surface area (Å²) in [6.07, 6.45) is 0.298. The number of sulfonamides is 1. The van der Waals surface area contributed by atoms with Crippen LogP contribution in [-0.4, -0.2) is 48.5 Å². The van der Waals surface area contributed by atoms with Crippen LogP contribution in [0.5, 0.6) is 0 Å². The van der Waals surface area contributed by atoms with Crippen molar-refractivity contribution in [1.29, 1.82) is 0 Å². The summed E-state index contributed by atoms with van der Waals surface area (Å²) in [5, 5.41) is 13.8. The van der Waals surface area contributed by atoms with E-state index in [9.17, 15) is 23.3 Å². The van der Waals surface area contributed by atoms with E-state index in [2.05, 4.69) is 5.32 Å². The summed E-state index contributed by atoms with van der Waals surface area (Å²) in [5.41, 5.74) is 0.163. The molecule has 0 aliphatic rings. The molecule has 2 rings (SSSR count). The third-order valence-corrected chi connectivity index (χ3v) is 6.91. The molecule has 0 bridgehead atoms. The highest BCUT2D eigenvalue weighted by Crippen LogP contribution is 2.21. The summed E-state index contributed by atoms with van der Waals surface area (Å²) < 4.78 is 33.5. The first-order valence-electron chi connectivity index (χ1n) is 11.6. The molecule has 2 aromatic rings. The molecular weight excluding hydrogens is 470 g/mol. The first kappa shape index (κ1) is 28.3. The Hall–Kier alpha value is -2.98. The molecule has 1 atom stereocenters. The number of hydrogen-bond acceptors (Lipinski definition) is 6. The normalized spacial score (nSPS) is 13.0. The average Bonchev–Trinajstić information content (AvgIpc) is 2.75. The first-order valence-corrected chi connectivity index (χ1v) is 13.0. The number of carbonyl (C=O) groups excluding carboxylic acids is 1. The fraction of sp³-hybridized carbons (Fsp3) is 0.480. The zero-order valence-corrected chi connectivity index (χ0v) is 21.7. The number of nitrogens with zero attached hydrogens (tertiary/aromatic N) is 2. The lowest BCUT2D eigenvalue weighted by atomic mass is 10.0. The van der Waals surface area contributed by atoms with E-state index < -0.39 is 26.6 Å². The Labute approximate surface area is 207 Å². The summed E-state index contributed by atoms with van der Waals surface area (Å²) in [7, 11) is -3.90. The molecule has 1 N–H and O–H groups in total. The van der Waals surface area contributed by atoms with Gasteiger partial charge in [-0.25, -0.2) is 13.2 Å². The molecule has 0 aromatic heterocycles. The molecule has 0 spiro atoms. The molecule has 0 aliphatic carbocycles. The van der Waals surface area contributed by atoms with Gasteiger partial charge >= 0.3 is 6.09 Å². The number of nitro groups is 1. The summed E-state index contributed by atoms with van der Waals surface area (Å²) in [5.74, 6) is 0.0502. The molecule has 0 aliphatic heterocycles. The van der Waals surface area contributed by atoms with Gasteiger partial charge in [-0.1, -0.05) is 44.2 Å². The van der Waals surface area contributed by atoms with E-state index in [4.69, 9.17) is 4.74 Å². The minimum Gasteiger partial charge on any atom is -0.444 e. The van der Waals surface area contributed by atoms with Crippen LogP contribution in [-0.2, 0) is 21.2 Å². The fourth-order valence-corrected chi connectivity index (χ4v) is 5.12. The van der Waals surface area contributed by atoms with Crippen molar-refractivity contribution in [3.8, 4) is 0 Å². The van der Waals surface area contributed by atoms with E-state index in [1.807, 2.05) is 44.2 Å². The number of ether oxygens (including phenoxy) is 1. The lowest BCUT2D eigenvalue weighted by molar-refractivity contribution is -0.384. The summed E-state index contributed by atoms with van der Waals surface area (Å²) in [6.45, 7) is 9.59. The maximum atomic E-state index is 13.4. The predicted molar refractivity (Wildman–Crippen MR) is 135 cm³/mol. The van der Waals surface area contributed by atoms with Gasteiger partial charge in [0.25, 0.3) is 5.69 Å². The van der Waals surface area contributed by atoms with Crippen LogP contribution >= 0.6 is 0 Å². The van der Waals surface area contributed by atoms with Crippen molar-refractivity contribution in [3.63, 3.8) is 0 Å². The lowest BCUT2D eigenvalue weighted by Gasteiger charge is -2.28. The van der Waals surface area contributed by atoms with Gasteiger partial charge in [-0.3, -0.25) is 10.1 Å². The second-order valence-corrected chi connectivity index (χ2v) is 11.8. The number of hydrogen-bond donors (Lipinski definition) is 1. The van der Waals surface area contributed by atoms with Gasteiger partial charge in [0.1, 0.15) is 5.60 Å². The number of nitro benzene ring substituents is 1. The highest BCUT2D eigenvalue weighted by Gasteiger charge is 2.28. The molecule has 0 radical (unpaired) electrons. The maximum Gasteiger partial charge on any atom is 0.407 e. The molecule has 9 nitrogen and oxygen atoms in total. The van der Waals surface area contributed by atoms with Gasteiger partial charge in [-0.2, -0.15) is 4.31 Å². The summed E-state index contributed by atoms with van der Waals surface area (Å²) in [4.78, 5) is 22.8. The zero-order valence-electron chi connectivity index (χ0n) is 20.9. The van der Waals surface area contributed by atoms with Crippen molar-refractivity contribution in [1.82, 2.24) is 9.62 Å². The van der Waals surface area contributed by atoms with Crippen molar-refractivity contribution in [3.05, 3.63) is 70.3 Å². The van der Waals surface area contributed by atoms with Gasteiger partial charge in [-0.05, 0) is 57.2 Å². The summed E-state index contributed by atoms with van der Waals surface area (Å²) >= 11 is 0. The standard InChI is InChI=1S/C25H35N3O6S/c1-19(2)18-27(35(32,33)23-13-11-22(12-14-23)28(30)31)16-15-21(17-20-9-7-6-8-10-20)26-24(29)34-25(3,4)5/h6-14,19,21H,15-18H2,1-5H3,(H,26,29)/t21-/m1/s1. The van der Waals surface area contributed by atoms with Crippen molar-refractivity contribution >= 4 is 21.8 Å². The summed E-state index contributed by atoms with van der Waals surface area (Å²) in [6, 6.07) is 14.1. The number of alkyl carbamates (subject to hydrolysis) is 1. The van der Waals surface area contributed by atoms with Crippen LogP contribution < -0.4 is 5.32 Å². The van der Waals surface area contributed by atoms with Crippen molar-refractivity contribution in [2.75, 3.05) is 13.1 Å². The van der Waals surface area contributed by atoms with E-state index in [1.165, 1.54) is 28.6 Å². The second-order valence-electron chi connectivity index (χ2n) is 9.83. The Morgan fingerprint density at radius 1 is 1.09 bits per heavy atom. The van der Waals surface area contributed by atoms with Crippen molar-refractivity contribution in [2.45, 2.75) is 64.0 Å². The van der Waals surface area contributed by atoms with Crippen LogP contribution in [0.25, 0.3) is 0 Å². The quantitative estimate of drug-likeness (QED) is 0.347. The molecule has 0 fully saturated rings. The van der Waals surface area contributed by atoms with Gasteiger partial charge in [0.2, 0.25) is 10.0 Å². The molecule has 0 saturated carbocycles. The molecule has 1 amide bonds. The van der Waals surface area contributed by atoms with Crippen LogP contribution in [0.3, 0.4) is 0 Å². The lowest BCUT2D eigenvalue weighted by Crippen LogP contribution is -2.43. The minimum atomic E-state index is -3.90. The SMILES string of the molecule is CC(C)CN(CC[C@H](Cc1ccccc1)NC(=O)OC(C)(C)C)S(=O)(=O)c1ccc([N+](=O)[O-])cc1. The fourth-order valence-electron chi connectivity index (χ4n) is 3.50. The zero-order chi connectivity index (χ0) is 26.2. The van der Waals surface area contributed by atoms with Gasteiger partial charge in [0.05, 0.1) is 9.82 Å². The molecule has 0 heterocycles. The number of non-ortho nitro benzene ring substituents is 1. The molecule has 0 unspecified atom stereocenters. The molecule has 192 valence electrons. The van der Waals surface area contributed by atoms with E-state index >= 15 is 0 Å². The average molecular weight is 506 g/mol. The van der Waals surface area contributed by atoms with Crippen LogP contribution in [0.15, 0.2) is 59.5 Å². The Balaban J connectivity index is 2.24. The largest absolute Gasteiger partial charge is 0.444 e. The van der Waals surface area contributed by atoms with Crippen molar-refractivity contribution < 1.29 is 22.9 Å². The molecular formula is C25H35N3O6S. The Bertz CT molecular complexity index is 1080. The first-order chi connectivity index (χ1) is 16.3. The Morgan fingerprint density at radius 2 is 1.69 bits per heavy atom. The van der Waals surface area contributed by atoms with Gasteiger partial charge in [0, 0.05) is 31.3 Å². The predicted octanol–water partition coefficient (Wildman–Crippen LogP) is 4.77. The second kappa shape index (κ2) is 12.1. The van der Waals surface area contributed by atoms with E-state index in [-0.39, 0.29) is 35.6 Å². The van der Waals surface area contributed by atoms with Gasteiger partial charge in [0.15, 0.2) is 0 Å². The van der Waals surface area contributed by atoms with Crippen LogP contribution in [0.2, 0.25) is 0 Å². The number of amides is 1. The molecule has 10 heteroatoms. The van der Waals surface area contributed by atoms with Crippen LogP contribution in [0.1, 0.15) is 46.6 Å². The van der Waals surface area contributed by atoms with Crippen LogP contribution in [0.4, 0.5) is 10.5 Å². The number of nitrogens with one attached hydrogen (secondary N) is 1. The third kappa shape index (κ3) is 9.29. The van der Waals surface area contributed by atoms with E-state index in [0.29, 0.717) is 12.8 Å². The van der Waals surface area contributed by atoms with E-state index in [0.717, 1.165) is 5.56 Å². The Kier molecular flexibility index (Phi) is 9.79. The van der Waals surface area contributed by atoms with Crippen LogP contribution in [0, 0.1) is 16.0 Å². The van der Waals surface area contributed by atoms with Gasteiger partial charge < -0.3 is 10.1 Å². The topological polar surface area (TPSA) is 119 Å². The molecule has 0 saturated heterocycles. The maximum absolute atomic E-state index is 13.4. The monoisotopic (exact) mass is 505 g/mol. The smallest absolute Gasteiger partial charge is 0.407 e. The van der Waals surface area contributed by atoms with Gasteiger partial charge in [-0.15, -0.1) is 0 Å². The highest BCUT2D eigenvalue weighted by molar-refractivity contribution is 7.89. The highest BCUT2D eigenvalue weighted by atomic mass is 32.2.